The van der Waals surface area contributed by atoms with Crippen LogP contribution in [0.2, 0.25) is 0 Å². The standard InChI is InChI=1S/C64H110BrN11O12/c1-25-45-60(84)70(18)34-50(77)71(19)46(30-35(2)3)57(81)69-51(39(10)11)63(87)72(20)47(31-36(4)5)56(80)66-43(16)55(79)67-44(17)59(83)73(21)48(32-37(6)7)61(85)74(22)49(33-38(8)9)62(86)75(23)52(40(12)13)64(88)76(24)53(58(82)68-45)54(78)42(15)27-26-41(14)28-29-65/h26,35-40,42-49,51-54,78H,25,27,30-34H2,1-24H3,(H,66,80)(H,67,79)(H,68,82)(H,69,81)/b41-26-/t42-,43+,44-,45+,46+,47+,48+,49+,51+,52+,53+,54-/m1/s1. The quantitative estimate of drug-likeness (QED) is 0.146. The van der Waals surface area contributed by atoms with Crippen LogP contribution in [-0.4, -0.2) is 227 Å². The second kappa shape index (κ2) is 36.5. The van der Waals surface area contributed by atoms with E-state index in [0.29, 0.717) is 5.57 Å². The minimum atomic E-state index is -1.66. The second-order valence-electron chi connectivity index (χ2n) is 26.6. The molecular formula is C64H110BrN11O12. The zero-order valence-electron chi connectivity index (χ0n) is 57.4. The van der Waals surface area contributed by atoms with Gasteiger partial charge in [-0.3, -0.25) is 52.7 Å². The molecule has 1 fully saturated rings. The summed E-state index contributed by atoms with van der Waals surface area (Å²) in [6.07, 6.45) is 1.01. The zero-order valence-corrected chi connectivity index (χ0v) is 59.0. The van der Waals surface area contributed by atoms with E-state index in [2.05, 4.69) is 47.9 Å². The number of nitrogens with zero attached hydrogens (tertiary/aromatic N) is 7. The van der Waals surface area contributed by atoms with Crippen LogP contribution >= 0.6 is 15.9 Å². The van der Waals surface area contributed by atoms with Crippen LogP contribution in [-0.2, 0) is 52.7 Å². The lowest BCUT2D eigenvalue weighted by atomic mass is 9.91. The summed E-state index contributed by atoms with van der Waals surface area (Å²) < 4.78 is 0. The van der Waals surface area contributed by atoms with Crippen molar-refractivity contribution < 1.29 is 57.8 Å². The molecule has 0 saturated carbocycles. The van der Waals surface area contributed by atoms with Crippen LogP contribution in [0.25, 0.3) is 0 Å². The number of hydrogen-bond donors (Lipinski definition) is 5. The number of carbonyl (C=O) groups is 11. The van der Waals surface area contributed by atoms with Crippen LogP contribution in [0.15, 0.2) is 11.6 Å². The Bertz CT molecular complexity index is 2530. The molecule has 11 amide bonds. The highest BCUT2D eigenvalue weighted by Crippen LogP contribution is 2.26. The minimum absolute atomic E-state index is 0.00360. The molecule has 0 aromatic heterocycles. The Morgan fingerprint density at radius 1 is 0.511 bits per heavy atom. The highest BCUT2D eigenvalue weighted by Gasteiger charge is 2.46. The van der Waals surface area contributed by atoms with Crippen LogP contribution in [0, 0.1) is 52.2 Å². The maximum Gasteiger partial charge on any atom is 0.246 e. The molecule has 1 aliphatic heterocycles. The van der Waals surface area contributed by atoms with Gasteiger partial charge in [-0.25, -0.2) is 0 Å². The van der Waals surface area contributed by atoms with Gasteiger partial charge in [0.15, 0.2) is 0 Å². The Balaban J connectivity index is 4.38. The number of rotatable bonds is 15. The van der Waals surface area contributed by atoms with Gasteiger partial charge in [0.1, 0.15) is 60.4 Å². The van der Waals surface area contributed by atoms with Gasteiger partial charge in [0.25, 0.3) is 0 Å². The number of aliphatic hydroxyl groups is 1. The lowest BCUT2D eigenvalue weighted by molar-refractivity contribution is -0.157. The molecule has 1 aliphatic rings. The van der Waals surface area contributed by atoms with Crippen LogP contribution < -0.4 is 21.3 Å². The third-order valence-corrected chi connectivity index (χ3v) is 16.6. The first kappa shape index (κ1) is 79.9. The first-order chi connectivity index (χ1) is 40.6. The topological polar surface area (TPSA) is 279 Å². The Morgan fingerprint density at radius 2 is 0.932 bits per heavy atom. The number of allylic oxidation sites excluding steroid dienone is 2. The lowest BCUT2D eigenvalue weighted by Gasteiger charge is -2.41. The summed E-state index contributed by atoms with van der Waals surface area (Å²) in [5.74, 6) is -7.11. The van der Waals surface area contributed by atoms with Gasteiger partial charge in [-0.15, -0.1) is 0 Å². The summed E-state index contributed by atoms with van der Waals surface area (Å²) in [6.45, 7) is 29.2. The molecule has 0 aromatic rings. The van der Waals surface area contributed by atoms with Gasteiger partial charge in [0.2, 0.25) is 65.0 Å². The van der Waals surface area contributed by atoms with E-state index in [4.69, 9.17) is 0 Å². The van der Waals surface area contributed by atoms with Gasteiger partial charge >= 0.3 is 0 Å². The van der Waals surface area contributed by atoms with Crippen LogP contribution in [0.5, 0.6) is 0 Å². The average molecular weight is 1310 g/mol. The number of hydrogen-bond acceptors (Lipinski definition) is 12. The van der Waals surface area contributed by atoms with Crippen LogP contribution in [0.1, 0.15) is 156 Å². The third-order valence-electron chi connectivity index (χ3n) is 16.4. The Labute approximate surface area is 534 Å². The number of amides is 11. The molecule has 500 valence electrons. The highest BCUT2D eigenvalue weighted by atomic mass is 79.9. The SMILES string of the molecule is CC[C@@H]1NC(=O)[C@H]([C@H](O)[C@H](C)C/C=C(/C)C#CBr)N(C)C(=O)[C@H](C(C)C)N(C)C(=O)[C@H](CC(C)C)N(C)C(=O)[C@H](CC(C)C)N(C)C(=O)[C@@H](C)NC(=O)[C@H](C)NC(=O)[C@H](CC(C)C)N(C)C(=O)[C@H](C(C)C)NC(=O)[C@H](CC(C)C)N(C)C(=O)CN(C)C1=O. The van der Waals surface area contributed by atoms with Gasteiger partial charge < -0.3 is 60.7 Å². The number of carbonyl (C=O) groups excluding carboxylic acids is 11. The zero-order chi connectivity index (χ0) is 68.3. The molecule has 1 heterocycles. The van der Waals surface area contributed by atoms with Crippen molar-refractivity contribution in [3.05, 3.63) is 11.6 Å². The molecule has 0 bridgehead atoms. The van der Waals surface area contributed by atoms with Gasteiger partial charge in [-0.2, -0.15) is 0 Å². The molecule has 23 nitrogen and oxygen atoms in total. The van der Waals surface area contributed by atoms with E-state index in [1.807, 2.05) is 55.4 Å². The molecule has 5 N–H and O–H groups in total. The molecule has 1 saturated heterocycles. The fourth-order valence-corrected chi connectivity index (χ4v) is 11.1. The normalized spacial score (nSPS) is 26.3. The third kappa shape index (κ3) is 22.7. The number of nitrogens with one attached hydrogen (secondary N) is 4. The molecule has 24 heteroatoms. The van der Waals surface area contributed by atoms with Gasteiger partial charge in [-0.05, 0) is 111 Å². The first-order valence-electron chi connectivity index (χ1n) is 31.1. The summed E-state index contributed by atoms with van der Waals surface area (Å²) in [5, 5.41) is 23.2. The van der Waals surface area contributed by atoms with E-state index >= 15 is 14.4 Å². The van der Waals surface area contributed by atoms with Gasteiger partial charge in [-0.1, -0.05) is 109 Å². The van der Waals surface area contributed by atoms with E-state index in [1.165, 1.54) is 87.7 Å². The first-order valence-corrected chi connectivity index (χ1v) is 31.9. The van der Waals surface area contributed by atoms with Crippen molar-refractivity contribution in [2.24, 2.45) is 41.4 Å². The smallest absolute Gasteiger partial charge is 0.246 e. The number of aliphatic hydroxyl groups excluding tert-OH is 1. The Kier molecular flexibility index (Phi) is 33.2. The van der Waals surface area contributed by atoms with Crippen molar-refractivity contribution in [1.82, 2.24) is 55.6 Å². The number of likely N-dealkylation sites (N-methyl/N-ethyl adjacent to an activating group) is 7. The molecule has 0 unspecified atom stereocenters. The maximum absolute atomic E-state index is 15.2. The summed E-state index contributed by atoms with van der Waals surface area (Å²) in [5.41, 5.74) is 0.666. The highest BCUT2D eigenvalue weighted by molar-refractivity contribution is 9.12. The van der Waals surface area contributed by atoms with Crippen molar-refractivity contribution in [2.75, 3.05) is 55.9 Å². The molecule has 88 heavy (non-hydrogen) atoms. The molecule has 0 aliphatic carbocycles. The second-order valence-corrected chi connectivity index (χ2v) is 27.0. The van der Waals surface area contributed by atoms with E-state index in [1.54, 1.807) is 54.5 Å². The van der Waals surface area contributed by atoms with Crippen molar-refractivity contribution in [3.8, 4) is 10.8 Å². The van der Waals surface area contributed by atoms with E-state index < -0.39 is 156 Å². The van der Waals surface area contributed by atoms with Crippen LogP contribution in [0.4, 0.5) is 0 Å². The Hall–Kier alpha value is -6.09. The summed E-state index contributed by atoms with van der Waals surface area (Å²) in [7, 11) is 9.87. The largest absolute Gasteiger partial charge is 0.390 e. The predicted octanol–water partition coefficient (Wildman–Crippen LogP) is 4.00. The summed E-state index contributed by atoms with van der Waals surface area (Å²) in [6, 6.07) is -12.5. The van der Waals surface area contributed by atoms with Crippen molar-refractivity contribution in [3.63, 3.8) is 0 Å². The maximum atomic E-state index is 15.2. The molecule has 0 aromatic carbocycles. The van der Waals surface area contributed by atoms with Gasteiger partial charge in [0, 0.05) is 65.3 Å². The fourth-order valence-electron chi connectivity index (χ4n) is 10.8. The Morgan fingerprint density at radius 3 is 1.39 bits per heavy atom. The minimum Gasteiger partial charge on any atom is -0.390 e. The summed E-state index contributed by atoms with van der Waals surface area (Å²) in [4.78, 5) is 172. The monoisotopic (exact) mass is 1300 g/mol. The average Bonchev–Trinajstić information content (AvgIpc) is 3.65. The molecule has 0 radical (unpaired) electrons. The molecular weight excluding hydrogens is 1190 g/mol. The fraction of sp³-hybridized carbons (Fsp3) is 0.766. The molecule has 0 spiro atoms. The number of halogens is 1. The predicted molar refractivity (Wildman–Crippen MR) is 344 cm³/mol. The summed E-state index contributed by atoms with van der Waals surface area (Å²) >= 11 is 3.10. The van der Waals surface area contributed by atoms with E-state index in [9.17, 15) is 43.5 Å². The van der Waals surface area contributed by atoms with Crippen molar-refractivity contribution in [1.29, 1.82) is 0 Å². The van der Waals surface area contributed by atoms with Crippen molar-refractivity contribution in [2.45, 2.75) is 223 Å². The molecule has 1 rings (SSSR count). The van der Waals surface area contributed by atoms with Crippen LogP contribution in [0.3, 0.4) is 0 Å². The van der Waals surface area contributed by atoms with E-state index in [0.717, 1.165) is 9.80 Å². The molecule has 12 atom stereocenters. The van der Waals surface area contributed by atoms with Crippen molar-refractivity contribution >= 4 is 80.9 Å². The van der Waals surface area contributed by atoms with E-state index in [-0.39, 0.29) is 62.2 Å². The lowest BCUT2D eigenvalue weighted by Crippen LogP contribution is -2.63. The van der Waals surface area contributed by atoms with Gasteiger partial charge in [0.05, 0.1) is 12.6 Å².